The fraction of sp³-hybridized carbons (Fsp3) is 0.889. The van der Waals surface area contributed by atoms with Crippen molar-refractivity contribution in [2.75, 3.05) is 20.3 Å². The van der Waals surface area contributed by atoms with Crippen molar-refractivity contribution in [2.45, 2.75) is 18.4 Å². The molecule has 0 radical (unpaired) electrons. The first-order chi connectivity index (χ1) is 5.82. The van der Waals surface area contributed by atoms with Gasteiger partial charge in [0.1, 0.15) is 6.29 Å². The zero-order chi connectivity index (χ0) is 8.60. The van der Waals surface area contributed by atoms with E-state index >= 15 is 0 Å². The molecule has 12 heavy (non-hydrogen) atoms. The molecule has 0 aromatic heterocycles. The lowest BCUT2D eigenvalue weighted by Gasteiger charge is -2.25. The van der Waals surface area contributed by atoms with Gasteiger partial charge < -0.3 is 14.3 Å². The summed E-state index contributed by atoms with van der Waals surface area (Å²) in [6, 6.07) is 0. The van der Waals surface area contributed by atoms with E-state index in [-0.39, 0.29) is 11.5 Å². The molecule has 3 heteroatoms. The third-order valence-corrected chi connectivity index (χ3v) is 3.11. The van der Waals surface area contributed by atoms with Crippen LogP contribution < -0.4 is 0 Å². The van der Waals surface area contributed by atoms with Crippen LogP contribution in [-0.2, 0) is 14.3 Å². The summed E-state index contributed by atoms with van der Waals surface area (Å²) in [6.07, 6.45) is 2.98. The summed E-state index contributed by atoms with van der Waals surface area (Å²) in [6.45, 7) is 1.44. The molecule has 2 fully saturated rings. The highest BCUT2D eigenvalue weighted by atomic mass is 16.5. The van der Waals surface area contributed by atoms with Crippen molar-refractivity contribution in [1.29, 1.82) is 0 Å². The van der Waals surface area contributed by atoms with Crippen molar-refractivity contribution in [2.24, 2.45) is 11.8 Å². The normalized spacial score (nSPS) is 46.1. The van der Waals surface area contributed by atoms with Crippen molar-refractivity contribution >= 4 is 6.29 Å². The lowest BCUT2D eigenvalue weighted by atomic mass is 9.95. The summed E-state index contributed by atoms with van der Waals surface area (Å²) in [5.74, 6) is 0.647. The standard InChI is InChI=1S/C9H14O3/c1-11-9(2-3-12-6-9)8-4-7(8)5-10/h5,7-8H,2-4,6H2,1H3. The molecule has 1 saturated heterocycles. The quantitative estimate of drug-likeness (QED) is 0.583. The number of carbonyl (C=O) groups is 1. The van der Waals surface area contributed by atoms with E-state index in [1.807, 2.05) is 0 Å². The molecule has 0 spiro atoms. The first kappa shape index (κ1) is 8.20. The second-order valence-electron chi connectivity index (χ2n) is 3.71. The Bertz CT molecular complexity index is 184. The molecule has 0 aromatic carbocycles. The second-order valence-corrected chi connectivity index (χ2v) is 3.71. The third kappa shape index (κ3) is 1.08. The molecule has 2 aliphatic rings. The maximum absolute atomic E-state index is 10.5. The minimum absolute atomic E-state index is 0.133. The fourth-order valence-electron chi connectivity index (χ4n) is 2.14. The number of rotatable bonds is 3. The van der Waals surface area contributed by atoms with Gasteiger partial charge in [-0.25, -0.2) is 0 Å². The van der Waals surface area contributed by atoms with Crippen molar-refractivity contribution < 1.29 is 14.3 Å². The lowest BCUT2D eigenvalue weighted by molar-refractivity contribution is -0.110. The van der Waals surface area contributed by atoms with Gasteiger partial charge in [-0.15, -0.1) is 0 Å². The van der Waals surface area contributed by atoms with Gasteiger partial charge in [-0.05, 0) is 6.42 Å². The third-order valence-electron chi connectivity index (χ3n) is 3.11. The SMILES string of the molecule is COC1(C2CC2C=O)CCOC1. The van der Waals surface area contributed by atoms with Crippen molar-refractivity contribution in [3.8, 4) is 0 Å². The van der Waals surface area contributed by atoms with E-state index in [1.165, 1.54) is 0 Å². The molecule has 3 unspecified atom stereocenters. The van der Waals surface area contributed by atoms with Gasteiger partial charge in [0.05, 0.1) is 12.2 Å². The predicted molar refractivity (Wildman–Crippen MR) is 42.8 cm³/mol. The first-order valence-corrected chi connectivity index (χ1v) is 4.40. The number of hydrogen-bond acceptors (Lipinski definition) is 3. The topological polar surface area (TPSA) is 35.5 Å². The van der Waals surface area contributed by atoms with Crippen LogP contribution in [0.15, 0.2) is 0 Å². The molecular formula is C9H14O3. The number of methoxy groups -OCH3 is 1. The highest BCUT2D eigenvalue weighted by molar-refractivity contribution is 5.59. The molecule has 0 aromatic rings. The van der Waals surface area contributed by atoms with Crippen LogP contribution in [0.3, 0.4) is 0 Å². The van der Waals surface area contributed by atoms with Gasteiger partial charge in [0.15, 0.2) is 0 Å². The molecule has 1 aliphatic heterocycles. The molecule has 3 atom stereocenters. The van der Waals surface area contributed by atoms with Gasteiger partial charge in [-0.1, -0.05) is 0 Å². The largest absolute Gasteiger partial charge is 0.378 e. The number of carbonyl (C=O) groups excluding carboxylic acids is 1. The molecule has 1 aliphatic carbocycles. The van der Waals surface area contributed by atoms with Crippen LogP contribution >= 0.6 is 0 Å². The highest BCUT2D eigenvalue weighted by Gasteiger charge is 2.54. The van der Waals surface area contributed by atoms with E-state index < -0.39 is 0 Å². The maximum Gasteiger partial charge on any atom is 0.123 e. The van der Waals surface area contributed by atoms with Gasteiger partial charge in [-0.3, -0.25) is 0 Å². The Kier molecular flexibility index (Phi) is 1.93. The van der Waals surface area contributed by atoms with Crippen molar-refractivity contribution in [1.82, 2.24) is 0 Å². The van der Waals surface area contributed by atoms with Crippen LogP contribution in [0.1, 0.15) is 12.8 Å². The predicted octanol–water partition coefficient (Wildman–Crippen LogP) is 0.627. The van der Waals surface area contributed by atoms with Crippen molar-refractivity contribution in [3.63, 3.8) is 0 Å². The van der Waals surface area contributed by atoms with E-state index in [1.54, 1.807) is 7.11 Å². The van der Waals surface area contributed by atoms with E-state index in [2.05, 4.69) is 0 Å². The number of ether oxygens (including phenoxy) is 2. The molecule has 68 valence electrons. The van der Waals surface area contributed by atoms with Gasteiger partial charge in [0.2, 0.25) is 0 Å². The molecule has 1 heterocycles. The fourth-order valence-corrected chi connectivity index (χ4v) is 2.14. The Morgan fingerprint density at radius 3 is 2.92 bits per heavy atom. The summed E-state index contributed by atoms with van der Waals surface area (Å²) in [7, 11) is 1.72. The van der Waals surface area contributed by atoms with E-state index in [0.717, 1.165) is 25.7 Å². The van der Waals surface area contributed by atoms with Crippen LogP contribution in [0.5, 0.6) is 0 Å². The smallest absolute Gasteiger partial charge is 0.123 e. The molecule has 1 saturated carbocycles. The van der Waals surface area contributed by atoms with Crippen LogP contribution in [0.25, 0.3) is 0 Å². The summed E-state index contributed by atoms with van der Waals surface area (Å²) >= 11 is 0. The monoisotopic (exact) mass is 170 g/mol. The minimum Gasteiger partial charge on any atom is -0.378 e. The molecule has 0 bridgehead atoms. The summed E-state index contributed by atoms with van der Waals surface area (Å²) < 4.78 is 10.8. The zero-order valence-corrected chi connectivity index (χ0v) is 7.29. The van der Waals surface area contributed by atoms with E-state index in [9.17, 15) is 4.79 Å². The molecule has 3 nitrogen and oxygen atoms in total. The van der Waals surface area contributed by atoms with Gasteiger partial charge >= 0.3 is 0 Å². The summed E-state index contributed by atoms with van der Waals surface area (Å²) in [5, 5.41) is 0. The lowest BCUT2D eigenvalue weighted by Crippen LogP contribution is -2.35. The minimum atomic E-state index is -0.133. The first-order valence-electron chi connectivity index (χ1n) is 4.40. The Hall–Kier alpha value is -0.410. The molecule has 0 N–H and O–H groups in total. The Balaban J connectivity index is 2.03. The maximum atomic E-state index is 10.5. The van der Waals surface area contributed by atoms with Crippen LogP contribution in [0.4, 0.5) is 0 Å². The van der Waals surface area contributed by atoms with E-state index in [4.69, 9.17) is 9.47 Å². The Morgan fingerprint density at radius 1 is 1.67 bits per heavy atom. The Morgan fingerprint density at radius 2 is 2.50 bits per heavy atom. The number of hydrogen-bond donors (Lipinski definition) is 0. The summed E-state index contributed by atoms with van der Waals surface area (Å²) in [5.41, 5.74) is -0.133. The average molecular weight is 170 g/mol. The molecular weight excluding hydrogens is 156 g/mol. The second kappa shape index (κ2) is 2.82. The van der Waals surface area contributed by atoms with Crippen molar-refractivity contribution in [3.05, 3.63) is 0 Å². The Labute approximate surface area is 72.0 Å². The van der Waals surface area contributed by atoms with Gasteiger partial charge in [-0.2, -0.15) is 0 Å². The molecule has 2 rings (SSSR count). The highest BCUT2D eigenvalue weighted by Crippen LogP contribution is 2.49. The number of aldehydes is 1. The van der Waals surface area contributed by atoms with Crippen LogP contribution in [-0.4, -0.2) is 32.2 Å². The van der Waals surface area contributed by atoms with E-state index in [0.29, 0.717) is 12.5 Å². The zero-order valence-electron chi connectivity index (χ0n) is 7.29. The van der Waals surface area contributed by atoms with Gasteiger partial charge in [0, 0.05) is 32.0 Å². The van der Waals surface area contributed by atoms with Crippen LogP contribution in [0, 0.1) is 11.8 Å². The average Bonchev–Trinajstić information content (AvgIpc) is 2.76. The van der Waals surface area contributed by atoms with Gasteiger partial charge in [0.25, 0.3) is 0 Å². The molecule has 0 amide bonds. The summed E-state index contributed by atoms with van der Waals surface area (Å²) in [4.78, 5) is 10.5. The van der Waals surface area contributed by atoms with Crippen LogP contribution in [0.2, 0.25) is 0 Å².